The highest BCUT2D eigenvalue weighted by Crippen LogP contribution is 2.07. The molecular weight excluding hydrogens is 224 g/mol. The summed E-state index contributed by atoms with van der Waals surface area (Å²) in [6, 6.07) is 5.71. The van der Waals surface area contributed by atoms with Gasteiger partial charge in [0.2, 0.25) is 5.91 Å². The summed E-state index contributed by atoms with van der Waals surface area (Å²) in [5.74, 6) is -0.773. The zero-order valence-corrected chi connectivity index (χ0v) is 8.97. The molecule has 92 valence electrons. The van der Waals surface area contributed by atoms with E-state index in [-0.39, 0.29) is 12.3 Å². The van der Waals surface area contributed by atoms with E-state index in [0.717, 1.165) is 5.56 Å². The Bertz CT molecular complexity index is 405. The van der Waals surface area contributed by atoms with E-state index < -0.39 is 11.9 Å². The SMILES string of the molecule is N=C(NO)c1ccc(C[C@@H](NO)C(N)=O)cc1. The van der Waals surface area contributed by atoms with Crippen molar-refractivity contribution in [3.8, 4) is 0 Å². The number of amidine groups is 1. The second kappa shape index (κ2) is 5.94. The van der Waals surface area contributed by atoms with Gasteiger partial charge in [-0.15, -0.1) is 0 Å². The number of nitrogens with one attached hydrogen (secondary N) is 3. The average molecular weight is 238 g/mol. The normalized spacial score (nSPS) is 11.9. The molecule has 0 saturated carbocycles. The van der Waals surface area contributed by atoms with Crippen molar-refractivity contribution < 1.29 is 15.2 Å². The van der Waals surface area contributed by atoms with E-state index in [1.54, 1.807) is 29.7 Å². The Kier molecular flexibility index (Phi) is 4.58. The molecule has 0 saturated heterocycles. The maximum absolute atomic E-state index is 10.9. The number of hydrogen-bond acceptors (Lipinski definition) is 5. The Balaban J connectivity index is 2.74. The first-order valence-electron chi connectivity index (χ1n) is 4.85. The first-order chi connectivity index (χ1) is 8.08. The smallest absolute Gasteiger partial charge is 0.237 e. The van der Waals surface area contributed by atoms with Crippen molar-refractivity contribution in [1.82, 2.24) is 11.0 Å². The van der Waals surface area contributed by atoms with Crippen molar-refractivity contribution in [3.63, 3.8) is 0 Å². The van der Waals surface area contributed by atoms with Crippen LogP contribution in [-0.2, 0) is 11.2 Å². The van der Waals surface area contributed by atoms with Crippen LogP contribution in [0.5, 0.6) is 0 Å². The molecule has 0 aliphatic carbocycles. The number of carbonyl (C=O) groups excluding carboxylic acids is 1. The van der Waals surface area contributed by atoms with Crippen LogP contribution in [0.1, 0.15) is 11.1 Å². The molecule has 0 heterocycles. The molecule has 0 aromatic heterocycles. The van der Waals surface area contributed by atoms with Gasteiger partial charge in [0.25, 0.3) is 0 Å². The molecule has 1 amide bonds. The number of carbonyl (C=O) groups is 1. The molecule has 0 aliphatic heterocycles. The van der Waals surface area contributed by atoms with Crippen molar-refractivity contribution in [1.29, 1.82) is 5.41 Å². The first kappa shape index (κ1) is 13.1. The van der Waals surface area contributed by atoms with Crippen LogP contribution in [0.4, 0.5) is 0 Å². The Morgan fingerprint density at radius 2 is 1.94 bits per heavy atom. The third-order valence-electron chi connectivity index (χ3n) is 2.29. The topological polar surface area (TPSA) is 131 Å². The van der Waals surface area contributed by atoms with Crippen molar-refractivity contribution >= 4 is 11.7 Å². The Morgan fingerprint density at radius 1 is 1.35 bits per heavy atom. The minimum atomic E-state index is -0.851. The summed E-state index contributed by atoms with van der Waals surface area (Å²) in [6.07, 6.45) is 0.242. The number of primary amides is 1. The van der Waals surface area contributed by atoms with Gasteiger partial charge in [0, 0.05) is 5.56 Å². The highest BCUT2D eigenvalue weighted by molar-refractivity contribution is 5.95. The predicted octanol–water partition coefficient (Wildman–Crippen LogP) is -0.634. The molecule has 0 bridgehead atoms. The minimum absolute atomic E-state index is 0.122. The van der Waals surface area contributed by atoms with Crippen molar-refractivity contribution in [2.24, 2.45) is 5.73 Å². The Morgan fingerprint density at radius 3 is 2.35 bits per heavy atom. The number of benzene rings is 1. The fourth-order valence-electron chi connectivity index (χ4n) is 1.32. The largest absolute Gasteiger partial charge is 0.368 e. The molecule has 1 rings (SSSR count). The summed E-state index contributed by atoms with van der Waals surface area (Å²) in [7, 11) is 0. The fourth-order valence-corrected chi connectivity index (χ4v) is 1.32. The molecule has 1 aromatic rings. The summed E-state index contributed by atoms with van der Waals surface area (Å²) < 4.78 is 0. The van der Waals surface area contributed by atoms with E-state index in [9.17, 15) is 4.79 Å². The van der Waals surface area contributed by atoms with Gasteiger partial charge in [0.1, 0.15) is 11.9 Å². The van der Waals surface area contributed by atoms with Crippen LogP contribution in [0.2, 0.25) is 0 Å². The molecule has 0 unspecified atom stereocenters. The maximum atomic E-state index is 10.9. The number of hydroxylamine groups is 2. The first-order valence-corrected chi connectivity index (χ1v) is 4.85. The van der Waals surface area contributed by atoms with Crippen molar-refractivity contribution in [3.05, 3.63) is 35.4 Å². The third kappa shape index (κ3) is 3.52. The monoisotopic (exact) mass is 238 g/mol. The number of hydrogen-bond donors (Lipinski definition) is 6. The van der Waals surface area contributed by atoms with E-state index in [2.05, 4.69) is 0 Å². The lowest BCUT2D eigenvalue weighted by molar-refractivity contribution is -0.122. The Labute approximate surface area is 97.7 Å². The third-order valence-corrected chi connectivity index (χ3v) is 2.29. The van der Waals surface area contributed by atoms with Crippen LogP contribution in [0.15, 0.2) is 24.3 Å². The lowest BCUT2D eigenvalue weighted by Gasteiger charge is -2.11. The van der Waals surface area contributed by atoms with Gasteiger partial charge < -0.3 is 10.9 Å². The highest BCUT2D eigenvalue weighted by atomic mass is 16.5. The molecule has 0 fully saturated rings. The molecule has 1 aromatic carbocycles. The van der Waals surface area contributed by atoms with Crippen LogP contribution in [0.3, 0.4) is 0 Å². The lowest BCUT2D eigenvalue weighted by atomic mass is 10.0. The summed E-state index contributed by atoms with van der Waals surface area (Å²) >= 11 is 0. The van der Waals surface area contributed by atoms with E-state index >= 15 is 0 Å². The zero-order valence-electron chi connectivity index (χ0n) is 8.97. The molecule has 1 atom stereocenters. The highest BCUT2D eigenvalue weighted by Gasteiger charge is 2.14. The number of amides is 1. The molecule has 7 N–H and O–H groups in total. The summed E-state index contributed by atoms with van der Waals surface area (Å²) in [6.45, 7) is 0. The standard InChI is InChI=1S/C10H14N4O3/c11-9(14-17)7-3-1-6(2-4-7)5-8(13-16)10(12)15/h1-4,8,13,16-17H,5H2,(H2,11,14)(H2,12,15)/t8-/m1/s1. The van der Waals surface area contributed by atoms with E-state index in [1.807, 2.05) is 5.48 Å². The van der Waals surface area contributed by atoms with Crippen LogP contribution in [0, 0.1) is 5.41 Å². The quantitative estimate of drug-likeness (QED) is 0.231. The van der Waals surface area contributed by atoms with Gasteiger partial charge in [0.05, 0.1) is 0 Å². The summed E-state index contributed by atoms with van der Waals surface area (Å²) in [4.78, 5) is 10.9. The second-order valence-corrected chi connectivity index (χ2v) is 3.47. The van der Waals surface area contributed by atoms with Crippen LogP contribution in [0.25, 0.3) is 0 Å². The Hall–Kier alpha value is -1.96. The fraction of sp³-hybridized carbons (Fsp3) is 0.200. The summed E-state index contributed by atoms with van der Waals surface area (Å²) in [5, 5.41) is 24.6. The van der Waals surface area contributed by atoms with Crippen molar-refractivity contribution in [2.45, 2.75) is 12.5 Å². The average Bonchev–Trinajstić information content (AvgIpc) is 2.35. The van der Waals surface area contributed by atoms with Gasteiger partial charge in [0.15, 0.2) is 0 Å². The zero-order chi connectivity index (χ0) is 12.8. The number of nitrogens with two attached hydrogens (primary N) is 1. The lowest BCUT2D eigenvalue weighted by Crippen LogP contribution is -2.41. The molecule has 0 spiro atoms. The van der Waals surface area contributed by atoms with Crippen molar-refractivity contribution in [2.75, 3.05) is 0 Å². The van der Waals surface area contributed by atoms with Gasteiger partial charge in [-0.3, -0.25) is 20.9 Å². The molecular formula is C10H14N4O3. The second-order valence-electron chi connectivity index (χ2n) is 3.47. The summed E-state index contributed by atoms with van der Waals surface area (Å²) in [5.41, 5.74) is 9.89. The van der Waals surface area contributed by atoms with Gasteiger partial charge in [-0.1, -0.05) is 24.3 Å². The van der Waals surface area contributed by atoms with E-state index in [1.165, 1.54) is 0 Å². The minimum Gasteiger partial charge on any atom is -0.368 e. The molecule has 0 radical (unpaired) electrons. The molecule has 7 nitrogen and oxygen atoms in total. The molecule has 17 heavy (non-hydrogen) atoms. The van der Waals surface area contributed by atoms with Gasteiger partial charge in [-0.05, 0) is 12.0 Å². The molecule has 0 aliphatic rings. The van der Waals surface area contributed by atoms with Crippen LogP contribution < -0.4 is 16.7 Å². The molecule has 7 heteroatoms. The van der Waals surface area contributed by atoms with E-state index in [4.69, 9.17) is 21.6 Å². The predicted molar refractivity (Wildman–Crippen MR) is 59.8 cm³/mol. The van der Waals surface area contributed by atoms with Gasteiger partial charge >= 0.3 is 0 Å². The van der Waals surface area contributed by atoms with Crippen LogP contribution in [-0.4, -0.2) is 28.2 Å². The maximum Gasteiger partial charge on any atom is 0.237 e. The number of rotatable bonds is 5. The van der Waals surface area contributed by atoms with Gasteiger partial charge in [-0.2, -0.15) is 5.48 Å². The van der Waals surface area contributed by atoms with E-state index in [0.29, 0.717) is 5.56 Å². The van der Waals surface area contributed by atoms with Crippen LogP contribution >= 0.6 is 0 Å². The van der Waals surface area contributed by atoms with Gasteiger partial charge in [-0.25, -0.2) is 0 Å².